The molecule has 1 aliphatic rings. The summed E-state index contributed by atoms with van der Waals surface area (Å²) in [6, 6.07) is 16.2. The fourth-order valence-electron chi connectivity index (χ4n) is 3.25. The van der Waals surface area contributed by atoms with Gasteiger partial charge in [0, 0.05) is 18.4 Å². The predicted molar refractivity (Wildman–Crippen MR) is 82.5 cm³/mol. The molecule has 1 N–H and O–H groups in total. The molecule has 1 heterocycles. The van der Waals surface area contributed by atoms with Gasteiger partial charge in [0.2, 0.25) is 11.8 Å². The lowest BCUT2D eigenvalue weighted by Gasteiger charge is -2.17. The number of fused-ring (bicyclic) bond motifs is 1. The summed E-state index contributed by atoms with van der Waals surface area (Å²) in [7, 11) is 0. The number of hydrogen-bond acceptors (Lipinski definition) is 4. The number of rotatable bonds is 2. The summed E-state index contributed by atoms with van der Waals surface area (Å²) in [6.07, 6.45) is 0.308. The summed E-state index contributed by atoms with van der Waals surface area (Å²) in [5.74, 6) is 1.06. The van der Waals surface area contributed by atoms with E-state index in [9.17, 15) is 5.11 Å². The van der Waals surface area contributed by atoms with E-state index in [1.54, 1.807) is 6.92 Å². The molecule has 4 nitrogen and oxygen atoms in total. The van der Waals surface area contributed by atoms with Crippen LogP contribution in [0.15, 0.2) is 52.9 Å². The van der Waals surface area contributed by atoms with E-state index < -0.39 is 6.10 Å². The summed E-state index contributed by atoms with van der Waals surface area (Å²) in [4.78, 5) is 0. The molecule has 0 saturated heterocycles. The van der Waals surface area contributed by atoms with Crippen molar-refractivity contribution in [1.29, 1.82) is 0 Å². The fraction of sp³-hybridized carbons (Fsp3) is 0.222. The highest BCUT2D eigenvalue weighted by molar-refractivity contribution is 5.56. The van der Waals surface area contributed by atoms with Crippen LogP contribution in [0.2, 0.25) is 0 Å². The van der Waals surface area contributed by atoms with Gasteiger partial charge in [0.15, 0.2) is 0 Å². The van der Waals surface area contributed by atoms with Gasteiger partial charge >= 0.3 is 0 Å². The maximum atomic E-state index is 10.5. The van der Waals surface area contributed by atoms with Crippen LogP contribution in [0.25, 0.3) is 11.5 Å². The first-order chi connectivity index (χ1) is 10.7. The van der Waals surface area contributed by atoms with E-state index in [2.05, 4.69) is 22.3 Å². The zero-order valence-electron chi connectivity index (χ0n) is 12.2. The SMILES string of the molecule is Cc1nnc(-c2cccc([C@H]3c4ccccc4C[C@@H]3O)c2)o1. The number of aliphatic hydroxyl groups excluding tert-OH is 1. The van der Waals surface area contributed by atoms with E-state index in [1.807, 2.05) is 36.4 Å². The third-order valence-electron chi connectivity index (χ3n) is 4.22. The molecule has 0 radical (unpaired) electrons. The van der Waals surface area contributed by atoms with E-state index in [0.717, 1.165) is 11.1 Å². The van der Waals surface area contributed by atoms with Crippen LogP contribution in [0.5, 0.6) is 0 Å². The van der Waals surface area contributed by atoms with Crippen LogP contribution >= 0.6 is 0 Å². The van der Waals surface area contributed by atoms with Gasteiger partial charge in [-0.1, -0.05) is 36.4 Å². The number of aromatic nitrogens is 2. The summed E-state index contributed by atoms with van der Waals surface area (Å²) in [5.41, 5.74) is 4.38. The van der Waals surface area contributed by atoms with Crippen LogP contribution in [-0.2, 0) is 6.42 Å². The van der Waals surface area contributed by atoms with Gasteiger partial charge in [-0.25, -0.2) is 0 Å². The average Bonchev–Trinajstić information content (AvgIpc) is 3.10. The van der Waals surface area contributed by atoms with E-state index >= 15 is 0 Å². The molecule has 0 spiro atoms. The van der Waals surface area contributed by atoms with Gasteiger partial charge in [-0.05, 0) is 35.2 Å². The third kappa shape index (κ3) is 2.12. The highest BCUT2D eigenvalue weighted by Gasteiger charge is 2.32. The Morgan fingerprint density at radius 2 is 1.95 bits per heavy atom. The minimum Gasteiger partial charge on any atom is -0.421 e. The molecule has 4 heteroatoms. The molecule has 0 aliphatic heterocycles. The monoisotopic (exact) mass is 292 g/mol. The Morgan fingerprint density at radius 3 is 2.77 bits per heavy atom. The second-order valence-electron chi connectivity index (χ2n) is 5.70. The van der Waals surface area contributed by atoms with Gasteiger partial charge < -0.3 is 9.52 Å². The van der Waals surface area contributed by atoms with Crippen molar-refractivity contribution in [2.45, 2.75) is 25.4 Å². The van der Waals surface area contributed by atoms with Gasteiger partial charge in [0.25, 0.3) is 0 Å². The molecule has 1 aromatic heterocycles. The van der Waals surface area contributed by atoms with Crippen molar-refractivity contribution in [2.75, 3.05) is 0 Å². The quantitative estimate of drug-likeness (QED) is 0.788. The Hall–Kier alpha value is -2.46. The number of nitrogens with zero attached hydrogens (tertiary/aromatic N) is 2. The Kier molecular flexibility index (Phi) is 3.05. The number of benzene rings is 2. The summed E-state index contributed by atoms with van der Waals surface area (Å²) in [5, 5.41) is 18.4. The third-order valence-corrected chi connectivity index (χ3v) is 4.22. The maximum absolute atomic E-state index is 10.5. The smallest absolute Gasteiger partial charge is 0.247 e. The molecule has 0 saturated carbocycles. The van der Waals surface area contributed by atoms with Crippen molar-refractivity contribution in [3.8, 4) is 11.5 Å². The minimum atomic E-state index is -0.392. The van der Waals surface area contributed by atoms with E-state index in [-0.39, 0.29) is 5.92 Å². The Balaban J connectivity index is 1.77. The Labute approximate surface area is 128 Å². The Morgan fingerprint density at radius 1 is 1.09 bits per heavy atom. The lowest BCUT2D eigenvalue weighted by Crippen LogP contribution is -2.14. The standard InChI is InChI=1S/C18H16N2O2/c1-11-19-20-18(22-11)14-7-4-6-13(9-14)17-15-8-3-2-5-12(15)10-16(17)21/h2-9,16-17,21H,10H2,1H3/t16-,17-/m0/s1. The van der Waals surface area contributed by atoms with Crippen LogP contribution in [0.3, 0.4) is 0 Å². The molecule has 4 rings (SSSR count). The summed E-state index contributed by atoms with van der Waals surface area (Å²) in [6.45, 7) is 1.78. The molecule has 1 aliphatic carbocycles. The summed E-state index contributed by atoms with van der Waals surface area (Å²) >= 11 is 0. The van der Waals surface area contributed by atoms with E-state index in [0.29, 0.717) is 18.2 Å². The number of aliphatic hydroxyl groups is 1. The molecule has 2 aromatic carbocycles. The van der Waals surface area contributed by atoms with Crippen molar-refractivity contribution in [2.24, 2.45) is 0 Å². The first kappa shape index (κ1) is 13.2. The van der Waals surface area contributed by atoms with Crippen molar-refractivity contribution in [3.05, 3.63) is 71.1 Å². The molecule has 0 unspecified atom stereocenters. The van der Waals surface area contributed by atoms with Crippen molar-refractivity contribution >= 4 is 0 Å². The zero-order chi connectivity index (χ0) is 15.1. The molecule has 0 amide bonds. The van der Waals surface area contributed by atoms with Gasteiger partial charge in [0.05, 0.1) is 6.10 Å². The van der Waals surface area contributed by atoms with Gasteiger partial charge in [-0.15, -0.1) is 10.2 Å². The highest BCUT2D eigenvalue weighted by Crippen LogP contribution is 2.39. The lowest BCUT2D eigenvalue weighted by atomic mass is 9.90. The average molecular weight is 292 g/mol. The minimum absolute atomic E-state index is 0.000156. The topological polar surface area (TPSA) is 59.2 Å². The van der Waals surface area contributed by atoms with Crippen molar-refractivity contribution in [1.82, 2.24) is 10.2 Å². The van der Waals surface area contributed by atoms with Crippen molar-refractivity contribution in [3.63, 3.8) is 0 Å². The van der Waals surface area contributed by atoms with Gasteiger partial charge in [-0.3, -0.25) is 0 Å². The molecule has 0 fully saturated rings. The van der Waals surface area contributed by atoms with Crippen LogP contribution in [-0.4, -0.2) is 21.4 Å². The molecule has 0 bridgehead atoms. The second-order valence-corrected chi connectivity index (χ2v) is 5.70. The maximum Gasteiger partial charge on any atom is 0.247 e. The molecule has 3 aromatic rings. The number of aryl methyl sites for hydroxylation is 1. The fourth-order valence-corrected chi connectivity index (χ4v) is 3.25. The van der Waals surface area contributed by atoms with Crippen molar-refractivity contribution < 1.29 is 9.52 Å². The predicted octanol–water partition coefficient (Wildman–Crippen LogP) is 3.09. The van der Waals surface area contributed by atoms with E-state index in [1.165, 1.54) is 11.1 Å². The lowest BCUT2D eigenvalue weighted by molar-refractivity contribution is 0.169. The van der Waals surface area contributed by atoms with Crippen LogP contribution in [0.1, 0.15) is 28.5 Å². The van der Waals surface area contributed by atoms with Gasteiger partial charge in [0.1, 0.15) is 0 Å². The molecule has 110 valence electrons. The first-order valence-electron chi connectivity index (χ1n) is 7.38. The second kappa shape index (κ2) is 5.07. The van der Waals surface area contributed by atoms with Gasteiger partial charge in [-0.2, -0.15) is 0 Å². The largest absolute Gasteiger partial charge is 0.421 e. The first-order valence-corrected chi connectivity index (χ1v) is 7.38. The normalized spacial score (nSPS) is 20.1. The summed E-state index contributed by atoms with van der Waals surface area (Å²) < 4.78 is 5.50. The number of hydrogen-bond donors (Lipinski definition) is 1. The zero-order valence-corrected chi connectivity index (χ0v) is 12.2. The molecule has 2 atom stereocenters. The van der Waals surface area contributed by atoms with Crippen LogP contribution < -0.4 is 0 Å². The molecule has 22 heavy (non-hydrogen) atoms. The molecular formula is C18H16N2O2. The highest BCUT2D eigenvalue weighted by atomic mass is 16.4. The molecular weight excluding hydrogens is 276 g/mol. The van der Waals surface area contributed by atoms with E-state index in [4.69, 9.17) is 4.42 Å². The van der Waals surface area contributed by atoms with Crippen LogP contribution in [0.4, 0.5) is 0 Å². The van der Waals surface area contributed by atoms with Crippen LogP contribution in [0, 0.1) is 6.92 Å². The Bertz CT molecular complexity index is 825.